The van der Waals surface area contributed by atoms with Crippen LogP contribution in [0.4, 0.5) is 19.0 Å². The van der Waals surface area contributed by atoms with E-state index in [1.165, 1.54) is 12.2 Å². The average Bonchev–Trinajstić information content (AvgIpc) is 3.55. The predicted molar refractivity (Wildman–Crippen MR) is 136 cm³/mol. The van der Waals surface area contributed by atoms with Crippen molar-refractivity contribution in [3.8, 4) is 11.9 Å². The fraction of sp³-hybridized carbons (Fsp3) is 0.481. The van der Waals surface area contributed by atoms with Gasteiger partial charge < -0.3 is 15.0 Å². The largest absolute Gasteiger partial charge is 0.473 e. The molecule has 1 aliphatic carbocycles. The molecule has 1 N–H and O–H groups in total. The predicted octanol–water partition coefficient (Wildman–Crippen LogP) is 5.39. The molecule has 10 heteroatoms. The number of anilines is 1. The first kappa shape index (κ1) is 26.6. The fourth-order valence-corrected chi connectivity index (χ4v) is 4.55. The van der Waals surface area contributed by atoms with Crippen molar-refractivity contribution in [2.45, 2.75) is 64.0 Å². The minimum absolute atomic E-state index is 0.0198. The number of allylic oxidation sites excluding steroid dienone is 3. The molecule has 196 valence electrons. The summed E-state index contributed by atoms with van der Waals surface area (Å²) < 4.78 is 47.6. The number of nitrogens with one attached hydrogen (secondary N) is 1. The van der Waals surface area contributed by atoms with Gasteiger partial charge in [0.05, 0.1) is 22.9 Å². The number of fused-ring (bicyclic) bond motifs is 1. The van der Waals surface area contributed by atoms with Gasteiger partial charge in [0.2, 0.25) is 5.88 Å². The smallest absolute Gasteiger partial charge is 0.262 e. The first-order valence-corrected chi connectivity index (χ1v) is 12.3. The quantitative estimate of drug-likeness (QED) is 0.451. The molecule has 1 aliphatic heterocycles. The van der Waals surface area contributed by atoms with E-state index < -0.39 is 29.3 Å². The van der Waals surface area contributed by atoms with Crippen molar-refractivity contribution < 1.29 is 17.9 Å². The summed E-state index contributed by atoms with van der Waals surface area (Å²) in [6.07, 6.45) is 1.99. The number of nitriles is 1. The average molecular weight is 513 g/mol. The van der Waals surface area contributed by atoms with E-state index in [9.17, 15) is 18.4 Å². The summed E-state index contributed by atoms with van der Waals surface area (Å²) in [5.74, 6) is 0.187. The third kappa shape index (κ3) is 5.47. The summed E-state index contributed by atoms with van der Waals surface area (Å²) in [5, 5.41) is 13.6. The maximum absolute atomic E-state index is 14.9. The SMILES string of the molecule is C=C/C=C(\C(F)=C(/C)C(F)F)[C@@H](C)Nc1nc(C)nc2nc(O[C@@H]3CCN(C)C3)c(C3(C#N)CC3)cc12. The Balaban J connectivity index is 1.77. The van der Waals surface area contributed by atoms with Gasteiger partial charge in [-0.15, -0.1) is 0 Å². The monoisotopic (exact) mass is 512 g/mol. The normalized spacial score (nSPS) is 20.9. The van der Waals surface area contributed by atoms with Crippen molar-refractivity contribution in [2.24, 2.45) is 0 Å². The van der Waals surface area contributed by atoms with E-state index in [2.05, 4.69) is 32.8 Å². The zero-order chi connectivity index (χ0) is 26.9. The van der Waals surface area contributed by atoms with Crippen LogP contribution in [0.15, 0.2) is 41.8 Å². The second-order valence-electron chi connectivity index (χ2n) is 9.84. The second kappa shape index (κ2) is 10.5. The first-order valence-electron chi connectivity index (χ1n) is 12.3. The van der Waals surface area contributed by atoms with E-state index in [-0.39, 0.29) is 11.7 Å². The lowest BCUT2D eigenvalue weighted by atomic mass is 9.97. The van der Waals surface area contributed by atoms with Gasteiger partial charge in [-0.2, -0.15) is 10.2 Å². The van der Waals surface area contributed by atoms with E-state index >= 15 is 0 Å². The summed E-state index contributed by atoms with van der Waals surface area (Å²) in [6.45, 7) is 9.69. The van der Waals surface area contributed by atoms with Gasteiger partial charge in [-0.05, 0) is 53.1 Å². The molecule has 0 amide bonds. The van der Waals surface area contributed by atoms with Crippen molar-refractivity contribution in [3.63, 3.8) is 0 Å². The molecule has 0 bridgehead atoms. The molecule has 1 saturated carbocycles. The maximum Gasteiger partial charge on any atom is 0.262 e. The van der Waals surface area contributed by atoms with Gasteiger partial charge in [-0.1, -0.05) is 18.7 Å². The minimum Gasteiger partial charge on any atom is -0.473 e. The molecule has 2 aliphatic rings. The summed E-state index contributed by atoms with van der Waals surface area (Å²) >= 11 is 0. The Morgan fingerprint density at radius 2 is 2.08 bits per heavy atom. The van der Waals surface area contributed by atoms with E-state index in [0.29, 0.717) is 47.0 Å². The number of likely N-dealkylation sites (N-methyl/N-ethyl adjacent to an activating group) is 1. The molecular weight excluding hydrogens is 481 g/mol. The van der Waals surface area contributed by atoms with Crippen LogP contribution in [0.25, 0.3) is 11.0 Å². The van der Waals surface area contributed by atoms with Crippen LogP contribution < -0.4 is 10.1 Å². The van der Waals surface area contributed by atoms with Crippen molar-refractivity contribution in [1.29, 1.82) is 5.26 Å². The maximum atomic E-state index is 14.9. The molecule has 2 aromatic rings. The minimum atomic E-state index is -2.92. The highest BCUT2D eigenvalue weighted by Gasteiger charge is 2.48. The van der Waals surface area contributed by atoms with Crippen molar-refractivity contribution in [1.82, 2.24) is 19.9 Å². The van der Waals surface area contributed by atoms with Crippen LogP contribution in [0, 0.1) is 18.3 Å². The number of hydrogen-bond acceptors (Lipinski definition) is 7. The van der Waals surface area contributed by atoms with Crippen LogP contribution in [-0.4, -0.2) is 58.6 Å². The lowest BCUT2D eigenvalue weighted by Crippen LogP contribution is -2.23. The Labute approximate surface area is 214 Å². The highest BCUT2D eigenvalue weighted by Crippen LogP contribution is 2.51. The van der Waals surface area contributed by atoms with Gasteiger partial charge in [0.1, 0.15) is 23.6 Å². The van der Waals surface area contributed by atoms with Gasteiger partial charge in [0.25, 0.3) is 6.43 Å². The number of nitrogens with zero attached hydrogens (tertiary/aromatic N) is 5. The van der Waals surface area contributed by atoms with E-state index in [1.807, 2.05) is 13.1 Å². The van der Waals surface area contributed by atoms with E-state index in [1.54, 1.807) is 13.8 Å². The molecule has 37 heavy (non-hydrogen) atoms. The third-order valence-corrected chi connectivity index (χ3v) is 6.91. The Morgan fingerprint density at radius 3 is 2.65 bits per heavy atom. The van der Waals surface area contributed by atoms with Crippen LogP contribution >= 0.6 is 0 Å². The van der Waals surface area contributed by atoms with E-state index in [4.69, 9.17) is 9.72 Å². The molecule has 2 aromatic heterocycles. The molecular formula is C27H31F3N6O. The lowest BCUT2D eigenvalue weighted by molar-refractivity contribution is 0.186. The van der Waals surface area contributed by atoms with Gasteiger partial charge in [0, 0.05) is 29.8 Å². The zero-order valence-corrected chi connectivity index (χ0v) is 21.5. The molecule has 0 spiro atoms. The molecule has 4 rings (SSSR count). The van der Waals surface area contributed by atoms with Crippen molar-refractivity contribution >= 4 is 16.9 Å². The molecule has 3 heterocycles. The Kier molecular flexibility index (Phi) is 7.55. The molecule has 1 saturated heterocycles. The van der Waals surface area contributed by atoms with Crippen molar-refractivity contribution in [2.75, 3.05) is 25.5 Å². The fourth-order valence-electron chi connectivity index (χ4n) is 4.55. The van der Waals surface area contributed by atoms with Crippen LogP contribution in [0.5, 0.6) is 5.88 Å². The Hall–Kier alpha value is -3.45. The molecule has 2 atom stereocenters. The molecule has 7 nitrogen and oxygen atoms in total. The van der Waals surface area contributed by atoms with Crippen molar-refractivity contribution in [3.05, 3.63) is 53.2 Å². The number of alkyl halides is 2. The van der Waals surface area contributed by atoms with Gasteiger partial charge in [-0.3, -0.25) is 0 Å². The van der Waals surface area contributed by atoms with Crippen LogP contribution in [0.2, 0.25) is 0 Å². The number of pyridine rings is 1. The van der Waals surface area contributed by atoms with Crippen LogP contribution in [-0.2, 0) is 5.41 Å². The number of halogens is 3. The van der Waals surface area contributed by atoms with Gasteiger partial charge >= 0.3 is 0 Å². The summed E-state index contributed by atoms with van der Waals surface area (Å²) in [4.78, 5) is 15.9. The Morgan fingerprint density at radius 1 is 1.35 bits per heavy atom. The number of rotatable bonds is 9. The van der Waals surface area contributed by atoms with Crippen LogP contribution in [0.1, 0.15) is 44.5 Å². The summed E-state index contributed by atoms with van der Waals surface area (Å²) in [6, 6.07) is 3.51. The molecule has 2 fully saturated rings. The number of aryl methyl sites for hydroxylation is 1. The summed E-state index contributed by atoms with van der Waals surface area (Å²) in [7, 11) is 2.03. The highest BCUT2D eigenvalue weighted by atomic mass is 19.3. The van der Waals surface area contributed by atoms with Crippen LogP contribution in [0.3, 0.4) is 0 Å². The number of hydrogen-bond donors (Lipinski definition) is 1. The highest BCUT2D eigenvalue weighted by molar-refractivity contribution is 5.88. The molecule has 0 unspecified atom stereocenters. The topological polar surface area (TPSA) is 87.0 Å². The lowest BCUT2D eigenvalue weighted by Gasteiger charge is -2.21. The first-order chi connectivity index (χ1) is 17.6. The third-order valence-electron chi connectivity index (χ3n) is 6.91. The summed E-state index contributed by atoms with van der Waals surface area (Å²) in [5.41, 5.74) is -0.270. The standard InChI is InChI=1S/C27H31F3N6O/c1-6-7-19(22(28)15(2)23(29)30)16(3)32-24-20-12-21(27(14-31)9-10-27)26(35-25(20)34-17(4)33-24)37-18-8-11-36(5)13-18/h6-7,12,16,18,23H,1,8-11,13H2,2-5H3,(H,32,33,34,35)/b19-7-,22-15-/t16-,18-/m1/s1. The number of ether oxygens (including phenoxy) is 1. The molecule has 0 radical (unpaired) electrons. The number of aromatic nitrogens is 3. The molecule has 0 aromatic carbocycles. The van der Waals surface area contributed by atoms with Gasteiger partial charge in [-0.25, -0.2) is 23.1 Å². The Bertz CT molecular complexity index is 1310. The number of likely N-dealkylation sites (tertiary alicyclic amines) is 1. The second-order valence-corrected chi connectivity index (χ2v) is 9.84. The van der Waals surface area contributed by atoms with Gasteiger partial charge in [0.15, 0.2) is 5.65 Å². The zero-order valence-electron chi connectivity index (χ0n) is 21.5. The van der Waals surface area contributed by atoms with E-state index in [0.717, 1.165) is 26.4 Å².